The molecule has 0 heterocycles. The molecule has 0 spiro atoms. The predicted molar refractivity (Wildman–Crippen MR) is 122 cm³/mol. The van der Waals surface area contributed by atoms with Crippen LogP contribution in [-0.2, 0) is 4.79 Å². The lowest BCUT2D eigenvalue weighted by atomic mass is 9.50. The number of hydrogen-bond acceptors (Lipinski definition) is 1. The van der Waals surface area contributed by atoms with E-state index in [1.807, 2.05) is 6.08 Å². The van der Waals surface area contributed by atoms with E-state index in [2.05, 4.69) is 59.8 Å². The van der Waals surface area contributed by atoms with E-state index in [0.717, 1.165) is 37.0 Å². The summed E-state index contributed by atoms with van der Waals surface area (Å²) in [5, 5.41) is 0. The molecule has 0 N–H and O–H groups in total. The van der Waals surface area contributed by atoms with Gasteiger partial charge in [-0.15, -0.1) is 0 Å². The van der Waals surface area contributed by atoms with Gasteiger partial charge in [0.2, 0.25) is 0 Å². The largest absolute Gasteiger partial charge is 0.295 e. The summed E-state index contributed by atoms with van der Waals surface area (Å²) in [5.74, 6) is 4.66. The molecule has 0 aromatic heterocycles. The van der Waals surface area contributed by atoms with Gasteiger partial charge >= 0.3 is 0 Å². The van der Waals surface area contributed by atoms with Gasteiger partial charge in [-0.3, -0.25) is 4.79 Å². The van der Waals surface area contributed by atoms with E-state index in [9.17, 15) is 4.79 Å². The van der Waals surface area contributed by atoms with Crippen molar-refractivity contribution in [3.8, 4) is 0 Å². The topological polar surface area (TPSA) is 17.1 Å². The highest BCUT2D eigenvalue weighted by molar-refractivity contribution is 5.91. The lowest BCUT2D eigenvalue weighted by Crippen LogP contribution is -2.46. The Bertz CT molecular complexity index is 752. The quantitative estimate of drug-likeness (QED) is 0.450. The highest BCUT2D eigenvalue weighted by Gasteiger charge is 2.56. The van der Waals surface area contributed by atoms with Gasteiger partial charge in [-0.1, -0.05) is 70.9 Å². The second kappa shape index (κ2) is 7.54. The third kappa shape index (κ3) is 3.41. The van der Waals surface area contributed by atoms with Crippen molar-refractivity contribution in [3.05, 3.63) is 35.5 Å². The van der Waals surface area contributed by atoms with Crippen LogP contribution in [0.15, 0.2) is 35.5 Å². The summed E-state index contributed by atoms with van der Waals surface area (Å²) in [4.78, 5) is 12.0. The van der Waals surface area contributed by atoms with Gasteiger partial charge in [-0.05, 0) is 90.9 Å². The molecule has 0 amide bonds. The van der Waals surface area contributed by atoms with Crippen LogP contribution in [-0.4, -0.2) is 5.78 Å². The summed E-state index contributed by atoms with van der Waals surface area (Å²) in [6, 6.07) is 0. The van der Waals surface area contributed by atoms with Gasteiger partial charge in [0.25, 0.3) is 0 Å². The molecule has 1 heteroatoms. The van der Waals surface area contributed by atoms with Crippen LogP contribution < -0.4 is 0 Å². The lowest BCUT2D eigenvalue weighted by Gasteiger charge is -2.54. The summed E-state index contributed by atoms with van der Waals surface area (Å²) in [6.45, 7) is 14.6. The normalized spacial score (nSPS) is 41.5. The molecule has 0 bridgehead atoms. The van der Waals surface area contributed by atoms with Gasteiger partial charge in [0.05, 0.1) is 0 Å². The zero-order valence-electron chi connectivity index (χ0n) is 19.6. The summed E-state index contributed by atoms with van der Waals surface area (Å²) < 4.78 is 0. The molecule has 0 radical (unpaired) electrons. The standard InChI is InChI=1S/C28H42O/c1-18(2)19(3)7-8-20(4)24-11-12-25-23-10-9-21-17-22(29)13-15-27(21,5)26(23)14-16-28(24,25)6/h7-8,10,17-20,24-26H,9,11-16H2,1-6H3/t19-,20+,24+,25-,26-,27-,28+/m0/s1. The Kier molecular flexibility index (Phi) is 5.50. The van der Waals surface area contributed by atoms with Crippen LogP contribution in [0.2, 0.25) is 0 Å². The molecule has 7 atom stereocenters. The van der Waals surface area contributed by atoms with Crippen LogP contribution in [0.5, 0.6) is 0 Å². The molecule has 0 unspecified atom stereocenters. The number of rotatable bonds is 4. The lowest BCUT2D eigenvalue weighted by molar-refractivity contribution is -0.116. The van der Waals surface area contributed by atoms with Crippen molar-refractivity contribution < 1.29 is 4.79 Å². The Hall–Kier alpha value is -1.11. The fourth-order valence-electron chi connectivity index (χ4n) is 7.47. The van der Waals surface area contributed by atoms with Crippen LogP contribution in [0.1, 0.15) is 86.5 Å². The Morgan fingerprint density at radius 2 is 1.76 bits per heavy atom. The monoisotopic (exact) mass is 394 g/mol. The summed E-state index contributed by atoms with van der Waals surface area (Å²) >= 11 is 0. The first kappa shape index (κ1) is 21.1. The fraction of sp³-hybridized carbons (Fsp3) is 0.750. The summed E-state index contributed by atoms with van der Waals surface area (Å²) in [7, 11) is 0. The number of fused-ring (bicyclic) bond motifs is 5. The first-order valence-electron chi connectivity index (χ1n) is 12.3. The minimum Gasteiger partial charge on any atom is -0.295 e. The van der Waals surface area contributed by atoms with E-state index in [1.165, 1.54) is 31.3 Å². The third-order valence-electron chi connectivity index (χ3n) is 9.88. The van der Waals surface area contributed by atoms with Crippen molar-refractivity contribution in [1.82, 2.24) is 0 Å². The number of allylic oxidation sites excluding steroid dienone is 6. The Labute approximate surface area is 179 Å². The third-order valence-corrected chi connectivity index (χ3v) is 9.88. The van der Waals surface area contributed by atoms with Crippen molar-refractivity contribution in [1.29, 1.82) is 0 Å². The maximum absolute atomic E-state index is 12.0. The predicted octanol–water partition coefficient (Wildman–Crippen LogP) is 7.54. The van der Waals surface area contributed by atoms with E-state index in [1.54, 1.807) is 5.57 Å². The van der Waals surface area contributed by atoms with E-state index in [-0.39, 0.29) is 5.41 Å². The van der Waals surface area contributed by atoms with E-state index >= 15 is 0 Å². The number of hydrogen-bond donors (Lipinski definition) is 0. The molecule has 2 fully saturated rings. The number of carbonyl (C=O) groups is 1. The molecular weight excluding hydrogens is 352 g/mol. The number of carbonyl (C=O) groups excluding carboxylic acids is 1. The Morgan fingerprint density at radius 1 is 1.00 bits per heavy atom. The van der Waals surface area contributed by atoms with Crippen LogP contribution in [0, 0.1) is 46.3 Å². The molecule has 0 aromatic rings. The molecule has 29 heavy (non-hydrogen) atoms. The summed E-state index contributed by atoms with van der Waals surface area (Å²) in [6.07, 6.45) is 17.9. The fourth-order valence-corrected chi connectivity index (χ4v) is 7.47. The van der Waals surface area contributed by atoms with Gasteiger partial charge in [0.15, 0.2) is 5.78 Å². The molecule has 4 aliphatic rings. The molecule has 4 rings (SSSR count). The second-order valence-electron chi connectivity index (χ2n) is 11.6. The van der Waals surface area contributed by atoms with Gasteiger partial charge < -0.3 is 0 Å². The molecule has 4 aliphatic carbocycles. The van der Waals surface area contributed by atoms with Crippen LogP contribution >= 0.6 is 0 Å². The van der Waals surface area contributed by atoms with Crippen molar-refractivity contribution in [2.75, 3.05) is 0 Å². The number of ketones is 1. The van der Waals surface area contributed by atoms with Gasteiger partial charge in [-0.25, -0.2) is 0 Å². The Morgan fingerprint density at radius 3 is 2.48 bits per heavy atom. The van der Waals surface area contributed by atoms with Gasteiger partial charge in [0.1, 0.15) is 0 Å². The molecular formula is C28H42O. The first-order valence-corrected chi connectivity index (χ1v) is 12.3. The maximum Gasteiger partial charge on any atom is 0.155 e. The van der Waals surface area contributed by atoms with Gasteiger partial charge in [0, 0.05) is 6.42 Å². The SMILES string of the molecule is CC(C)[C@@H](C)C=C[C@@H](C)[C@H]1CC[C@H]2C3=CCC4=CC(=O)CC[C@]4(C)[C@H]3CC[C@]12C. The molecule has 1 nitrogen and oxygen atoms in total. The van der Waals surface area contributed by atoms with Crippen molar-refractivity contribution >= 4 is 5.78 Å². The zero-order valence-corrected chi connectivity index (χ0v) is 19.6. The molecule has 2 saturated carbocycles. The second-order valence-corrected chi connectivity index (χ2v) is 11.6. The molecule has 0 aromatic carbocycles. The molecule has 0 saturated heterocycles. The zero-order chi connectivity index (χ0) is 21.0. The van der Waals surface area contributed by atoms with E-state index < -0.39 is 0 Å². The van der Waals surface area contributed by atoms with Crippen molar-refractivity contribution in [2.24, 2.45) is 46.3 Å². The first-order chi connectivity index (χ1) is 13.7. The maximum atomic E-state index is 12.0. The highest BCUT2D eigenvalue weighted by Crippen LogP contribution is 2.66. The van der Waals surface area contributed by atoms with Crippen molar-refractivity contribution in [2.45, 2.75) is 86.5 Å². The molecule has 0 aliphatic heterocycles. The summed E-state index contributed by atoms with van der Waals surface area (Å²) in [5.41, 5.74) is 3.91. The van der Waals surface area contributed by atoms with Gasteiger partial charge in [-0.2, -0.15) is 0 Å². The van der Waals surface area contributed by atoms with Crippen LogP contribution in [0.25, 0.3) is 0 Å². The average molecular weight is 395 g/mol. The Balaban J connectivity index is 1.57. The molecule has 160 valence electrons. The minimum atomic E-state index is 0.246. The van der Waals surface area contributed by atoms with Crippen LogP contribution in [0.3, 0.4) is 0 Å². The minimum absolute atomic E-state index is 0.246. The average Bonchev–Trinajstić information content (AvgIpc) is 3.03. The van der Waals surface area contributed by atoms with E-state index in [0.29, 0.717) is 29.0 Å². The van der Waals surface area contributed by atoms with Crippen LogP contribution in [0.4, 0.5) is 0 Å². The highest BCUT2D eigenvalue weighted by atomic mass is 16.1. The smallest absolute Gasteiger partial charge is 0.155 e. The van der Waals surface area contributed by atoms with E-state index in [4.69, 9.17) is 0 Å². The van der Waals surface area contributed by atoms with Crippen molar-refractivity contribution in [3.63, 3.8) is 0 Å².